The summed E-state index contributed by atoms with van der Waals surface area (Å²) in [5, 5.41) is 8.55. The van der Waals surface area contributed by atoms with E-state index in [1.807, 2.05) is 0 Å². The molecule has 0 bridgehead atoms. The highest BCUT2D eigenvalue weighted by Crippen LogP contribution is 2.49. The quantitative estimate of drug-likeness (QED) is 0.547. The Morgan fingerprint density at radius 1 is 1.14 bits per heavy atom. The van der Waals surface area contributed by atoms with Gasteiger partial charge in [0.1, 0.15) is 0 Å². The van der Waals surface area contributed by atoms with Gasteiger partial charge in [0.2, 0.25) is 9.05 Å². The van der Waals surface area contributed by atoms with Crippen molar-refractivity contribution in [2.45, 2.75) is 49.7 Å². The summed E-state index contributed by atoms with van der Waals surface area (Å²) in [7, 11) is 2.00. The van der Waals surface area contributed by atoms with Crippen LogP contribution in [0.5, 0.6) is 0 Å². The van der Waals surface area contributed by atoms with Crippen LogP contribution in [-0.4, -0.2) is 24.9 Å². The van der Waals surface area contributed by atoms with Gasteiger partial charge in [0.25, 0.3) is 0 Å². The fourth-order valence-corrected chi connectivity index (χ4v) is 3.34. The third kappa shape index (κ3) is 3.11. The second kappa shape index (κ2) is 4.81. The van der Waals surface area contributed by atoms with Gasteiger partial charge in [-0.15, -0.1) is 0 Å². The number of halogens is 1. The van der Waals surface area contributed by atoms with E-state index in [2.05, 4.69) is 0 Å². The van der Waals surface area contributed by atoms with Crippen LogP contribution in [0, 0.1) is 0 Å². The number of aliphatic hydroxyl groups excluding tert-OH is 1. The Hall–Kier alpha value is 0.200. The van der Waals surface area contributed by atoms with E-state index >= 15 is 0 Å². The summed E-state index contributed by atoms with van der Waals surface area (Å²) < 4.78 is 21.7. The first kappa shape index (κ1) is 12.3. The summed E-state index contributed by atoms with van der Waals surface area (Å²) in [5.74, 6) is 0. The average Bonchev–Trinajstić information content (AvgIpc) is 2.84. The van der Waals surface area contributed by atoms with Crippen LogP contribution in [-0.2, 0) is 9.05 Å². The van der Waals surface area contributed by atoms with E-state index in [1.54, 1.807) is 0 Å². The average molecular weight is 241 g/mol. The Bertz CT molecular complexity index is 270. The van der Waals surface area contributed by atoms with Crippen molar-refractivity contribution < 1.29 is 13.5 Å². The number of hydrogen-bond acceptors (Lipinski definition) is 3. The van der Waals surface area contributed by atoms with E-state index in [4.69, 9.17) is 15.8 Å². The SMILES string of the molecule is O=S(=O)(Cl)C1(CCCCCCO)CC1. The molecule has 0 aromatic heterocycles. The Labute approximate surface area is 89.9 Å². The lowest BCUT2D eigenvalue weighted by Crippen LogP contribution is -2.17. The molecule has 1 aliphatic rings. The molecule has 0 spiro atoms. The van der Waals surface area contributed by atoms with Gasteiger partial charge >= 0.3 is 0 Å². The minimum atomic E-state index is -3.36. The maximum Gasteiger partial charge on any atom is 0.238 e. The van der Waals surface area contributed by atoms with Gasteiger partial charge in [-0.25, -0.2) is 8.42 Å². The molecule has 14 heavy (non-hydrogen) atoms. The summed E-state index contributed by atoms with van der Waals surface area (Å²) in [4.78, 5) is 0. The van der Waals surface area contributed by atoms with Gasteiger partial charge in [-0.1, -0.05) is 19.3 Å². The largest absolute Gasteiger partial charge is 0.396 e. The van der Waals surface area contributed by atoms with E-state index in [0.717, 1.165) is 38.5 Å². The molecule has 1 saturated carbocycles. The fourth-order valence-electron chi connectivity index (χ4n) is 1.67. The Balaban J connectivity index is 2.19. The van der Waals surface area contributed by atoms with Crippen LogP contribution in [0.25, 0.3) is 0 Å². The number of unbranched alkanes of at least 4 members (excludes halogenated alkanes) is 3. The molecule has 0 aromatic rings. The molecular formula is C9H17ClO3S. The molecule has 0 atom stereocenters. The molecule has 0 saturated heterocycles. The highest BCUT2D eigenvalue weighted by atomic mass is 35.7. The molecule has 1 fully saturated rings. The summed E-state index contributed by atoms with van der Waals surface area (Å²) >= 11 is 0. The molecule has 0 radical (unpaired) electrons. The highest BCUT2D eigenvalue weighted by molar-refractivity contribution is 8.15. The van der Waals surface area contributed by atoms with Crippen LogP contribution < -0.4 is 0 Å². The Morgan fingerprint density at radius 2 is 1.71 bits per heavy atom. The van der Waals surface area contributed by atoms with Crippen LogP contribution in [0.3, 0.4) is 0 Å². The van der Waals surface area contributed by atoms with Crippen molar-refractivity contribution in [2.75, 3.05) is 6.61 Å². The van der Waals surface area contributed by atoms with E-state index < -0.39 is 13.8 Å². The monoisotopic (exact) mass is 240 g/mol. The van der Waals surface area contributed by atoms with Crippen molar-refractivity contribution in [1.29, 1.82) is 0 Å². The topological polar surface area (TPSA) is 54.4 Å². The molecule has 84 valence electrons. The molecular weight excluding hydrogens is 224 g/mol. The third-order valence-corrected chi connectivity index (χ3v) is 5.49. The first-order valence-electron chi connectivity index (χ1n) is 5.07. The number of hydrogen-bond donors (Lipinski definition) is 1. The fraction of sp³-hybridized carbons (Fsp3) is 1.00. The summed E-state index contributed by atoms with van der Waals surface area (Å²) in [5.41, 5.74) is 0. The van der Waals surface area contributed by atoms with Crippen molar-refractivity contribution in [3.63, 3.8) is 0 Å². The predicted molar refractivity (Wildman–Crippen MR) is 56.9 cm³/mol. The van der Waals surface area contributed by atoms with Gasteiger partial charge in [0.05, 0.1) is 4.75 Å². The third-order valence-electron chi connectivity index (χ3n) is 2.87. The summed E-state index contributed by atoms with van der Waals surface area (Å²) in [6.45, 7) is 0.221. The van der Waals surface area contributed by atoms with E-state index in [-0.39, 0.29) is 6.61 Å². The van der Waals surface area contributed by atoms with Gasteiger partial charge in [-0.2, -0.15) is 0 Å². The van der Waals surface area contributed by atoms with Crippen LogP contribution >= 0.6 is 10.7 Å². The second-order valence-corrected chi connectivity index (χ2v) is 6.97. The number of aliphatic hydroxyl groups is 1. The number of rotatable bonds is 7. The zero-order chi connectivity index (χ0) is 10.7. The van der Waals surface area contributed by atoms with Crippen LogP contribution in [0.1, 0.15) is 44.9 Å². The van der Waals surface area contributed by atoms with Crippen molar-refractivity contribution in [1.82, 2.24) is 0 Å². The maximum absolute atomic E-state index is 11.2. The van der Waals surface area contributed by atoms with Gasteiger partial charge in [0, 0.05) is 17.3 Å². The highest BCUT2D eigenvalue weighted by Gasteiger charge is 2.52. The lowest BCUT2D eigenvalue weighted by molar-refractivity contribution is 0.282. The van der Waals surface area contributed by atoms with E-state index in [9.17, 15) is 8.42 Å². The molecule has 0 unspecified atom stereocenters. The van der Waals surface area contributed by atoms with Crippen molar-refractivity contribution >= 4 is 19.7 Å². The smallest absolute Gasteiger partial charge is 0.238 e. The first-order valence-corrected chi connectivity index (χ1v) is 7.38. The van der Waals surface area contributed by atoms with Crippen molar-refractivity contribution in [2.24, 2.45) is 0 Å². The molecule has 1 N–H and O–H groups in total. The molecule has 1 rings (SSSR count). The van der Waals surface area contributed by atoms with Gasteiger partial charge < -0.3 is 5.11 Å². The molecule has 0 aliphatic heterocycles. The minimum Gasteiger partial charge on any atom is -0.396 e. The van der Waals surface area contributed by atoms with Crippen LogP contribution in [0.15, 0.2) is 0 Å². The molecule has 5 heteroatoms. The van der Waals surface area contributed by atoms with Gasteiger partial charge in [-0.3, -0.25) is 0 Å². The van der Waals surface area contributed by atoms with Crippen molar-refractivity contribution in [3.8, 4) is 0 Å². The molecule has 3 nitrogen and oxygen atoms in total. The lowest BCUT2D eigenvalue weighted by atomic mass is 10.1. The zero-order valence-corrected chi connectivity index (χ0v) is 9.78. The zero-order valence-electron chi connectivity index (χ0n) is 8.21. The second-order valence-electron chi connectivity index (χ2n) is 4.01. The molecule has 0 aromatic carbocycles. The van der Waals surface area contributed by atoms with Crippen molar-refractivity contribution in [3.05, 3.63) is 0 Å². The van der Waals surface area contributed by atoms with Crippen LogP contribution in [0.4, 0.5) is 0 Å². The van der Waals surface area contributed by atoms with Gasteiger partial charge in [0.15, 0.2) is 0 Å². The molecule has 1 aliphatic carbocycles. The standard InChI is InChI=1S/C9H17ClO3S/c10-14(12,13)9(6-7-9)5-3-1-2-4-8-11/h11H,1-8H2. The normalized spacial score (nSPS) is 19.6. The Morgan fingerprint density at radius 3 is 2.14 bits per heavy atom. The maximum atomic E-state index is 11.2. The van der Waals surface area contributed by atoms with Gasteiger partial charge in [-0.05, 0) is 25.7 Å². The Kier molecular flexibility index (Phi) is 4.22. The summed E-state index contributed by atoms with van der Waals surface area (Å²) in [6.07, 6.45) is 5.78. The van der Waals surface area contributed by atoms with E-state index in [1.165, 1.54) is 0 Å². The predicted octanol–water partition coefficient (Wildman–Crippen LogP) is 2.03. The summed E-state index contributed by atoms with van der Waals surface area (Å²) in [6, 6.07) is 0. The first-order chi connectivity index (χ1) is 6.52. The minimum absolute atomic E-state index is 0.221. The van der Waals surface area contributed by atoms with E-state index in [0.29, 0.717) is 6.42 Å². The lowest BCUT2D eigenvalue weighted by Gasteiger charge is -2.10. The molecule has 0 amide bonds. The molecule has 0 heterocycles. The van der Waals surface area contributed by atoms with Crippen LogP contribution in [0.2, 0.25) is 0 Å².